The smallest absolute Gasteiger partial charge is 0.315 e. The number of benzene rings is 2. The zero-order chi connectivity index (χ0) is 24.2. The van der Waals surface area contributed by atoms with Crippen molar-refractivity contribution in [3.05, 3.63) is 71.7 Å². The van der Waals surface area contributed by atoms with Gasteiger partial charge in [0.05, 0.1) is 11.4 Å². The average molecular weight is 452 g/mol. The molecule has 0 atom stereocenters. The Balaban J connectivity index is 1.78. The molecule has 8 heteroatoms. The number of likely N-dealkylation sites (N-methyl/N-ethyl adjacent to an activating group) is 1. The third-order valence-electron chi connectivity index (χ3n) is 5.07. The van der Waals surface area contributed by atoms with Crippen molar-refractivity contribution in [1.29, 1.82) is 0 Å². The van der Waals surface area contributed by atoms with E-state index in [1.165, 1.54) is 23.1 Å². The molecule has 3 rings (SSSR count). The van der Waals surface area contributed by atoms with Crippen molar-refractivity contribution in [3.8, 4) is 5.69 Å². The van der Waals surface area contributed by atoms with Crippen LogP contribution < -0.4 is 10.6 Å². The van der Waals surface area contributed by atoms with Crippen LogP contribution >= 0.6 is 0 Å². The summed E-state index contributed by atoms with van der Waals surface area (Å²) in [6, 6.07) is 14.8. The molecule has 1 heterocycles. The third-order valence-corrected chi connectivity index (χ3v) is 5.07. The number of nitrogens with one attached hydrogen (secondary N) is 2. The number of nitrogens with zero attached hydrogens (tertiary/aromatic N) is 3. The predicted octanol–water partition coefficient (Wildman–Crippen LogP) is 5.11. The molecule has 7 nitrogen and oxygen atoms in total. The normalized spacial score (nSPS) is 11.2. The number of carbonyl (C=O) groups excluding carboxylic acids is 2. The second kappa shape index (κ2) is 9.85. The maximum Gasteiger partial charge on any atom is 0.322 e. The van der Waals surface area contributed by atoms with Gasteiger partial charge < -0.3 is 15.5 Å². The number of halogens is 1. The molecular formula is C25H30FN5O2. The van der Waals surface area contributed by atoms with E-state index in [4.69, 9.17) is 5.10 Å². The Morgan fingerprint density at radius 3 is 2.42 bits per heavy atom. The fourth-order valence-electron chi connectivity index (χ4n) is 3.24. The molecule has 33 heavy (non-hydrogen) atoms. The molecule has 0 radical (unpaired) electrons. The van der Waals surface area contributed by atoms with E-state index in [9.17, 15) is 14.0 Å². The first-order valence-corrected chi connectivity index (χ1v) is 10.9. The van der Waals surface area contributed by atoms with Crippen LogP contribution in [0.1, 0.15) is 39.0 Å². The van der Waals surface area contributed by atoms with Gasteiger partial charge in [0.15, 0.2) is 0 Å². The summed E-state index contributed by atoms with van der Waals surface area (Å²) in [5, 5.41) is 10.2. The summed E-state index contributed by atoms with van der Waals surface area (Å²) in [6.07, 6.45) is 0. The van der Waals surface area contributed by atoms with E-state index in [2.05, 4.69) is 31.4 Å². The van der Waals surface area contributed by atoms with Crippen LogP contribution in [0.4, 0.5) is 20.7 Å². The number of amides is 3. The molecule has 1 aromatic heterocycles. The Morgan fingerprint density at radius 1 is 1.06 bits per heavy atom. The quantitative estimate of drug-likeness (QED) is 0.547. The number of hydrogen-bond acceptors (Lipinski definition) is 3. The monoisotopic (exact) mass is 451 g/mol. The van der Waals surface area contributed by atoms with Crippen molar-refractivity contribution in [2.45, 2.75) is 40.0 Å². The Morgan fingerprint density at radius 2 is 1.79 bits per heavy atom. The number of rotatable bonds is 6. The zero-order valence-corrected chi connectivity index (χ0v) is 19.6. The van der Waals surface area contributed by atoms with Crippen molar-refractivity contribution in [3.63, 3.8) is 0 Å². The lowest BCUT2D eigenvalue weighted by Crippen LogP contribution is -2.40. The van der Waals surface area contributed by atoms with Crippen molar-refractivity contribution < 1.29 is 14.0 Å². The summed E-state index contributed by atoms with van der Waals surface area (Å²) in [7, 11) is 0. The van der Waals surface area contributed by atoms with Crippen LogP contribution in [0.15, 0.2) is 54.6 Å². The first-order chi connectivity index (χ1) is 15.6. The molecule has 0 unspecified atom stereocenters. The van der Waals surface area contributed by atoms with Crippen LogP contribution in [0, 0.1) is 12.7 Å². The van der Waals surface area contributed by atoms with E-state index >= 15 is 0 Å². The number of anilines is 2. The number of aryl methyl sites for hydroxylation is 1. The van der Waals surface area contributed by atoms with Crippen LogP contribution in [0.2, 0.25) is 0 Å². The van der Waals surface area contributed by atoms with Gasteiger partial charge in [0.2, 0.25) is 5.91 Å². The van der Waals surface area contributed by atoms with Gasteiger partial charge in [-0.25, -0.2) is 13.9 Å². The van der Waals surface area contributed by atoms with Gasteiger partial charge >= 0.3 is 6.03 Å². The third kappa shape index (κ3) is 6.19. The van der Waals surface area contributed by atoms with Crippen molar-refractivity contribution >= 4 is 23.4 Å². The molecule has 0 aliphatic heterocycles. The highest BCUT2D eigenvalue weighted by atomic mass is 19.1. The van der Waals surface area contributed by atoms with Crippen LogP contribution in [0.5, 0.6) is 0 Å². The minimum Gasteiger partial charge on any atom is -0.315 e. The predicted molar refractivity (Wildman–Crippen MR) is 128 cm³/mol. The van der Waals surface area contributed by atoms with Gasteiger partial charge in [0.1, 0.15) is 18.2 Å². The maximum atomic E-state index is 13.4. The fraction of sp³-hybridized carbons (Fsp3) is 0.320. The lowest BCUT2D eigenvalue weighted by atomic mass is 9.92. The van der Waals surface area contributed by atoms with Crippen LogP contribution in [0.25, 0.3) is 5.69 Å². The highest BCUT2D eigenvalue weighted by Gasteiger charge is 2.23. The van der Waals surface area contributed by atoms with Gasteiger partial charge in [-0.1, -0.05) is 39.0 Å². The van der Waals surface area contributed by atoms with E-state index in [0.29, 0.717) is 18.1 Å². The number of aromatic nitrogens is 2. The molecule has 0 saturated carbocycles. The minimum atomic E-state index is -0.485. The second-order valence-electron chi connectivity index (χ2n) is 8.92. The van der Waals surface area contributed by atoms with Gasteiger partial charge in [-0.15, -0.1) is 0 Å². The number of urea groups is 1. The molecule has 3 aromatic rings. The molecule has 0 spiro atoms. The first-order valence-electron chi connectivity index (χ1n) is 10.9. The molecule has 2 N–H and O–H groups in total. The summed E-state index contributed by atoms with van der Waals surface area (Å²) in [5.74, 6) is -0.287. The largest absolute Gasteiger partial charge is 0.322 e. The van der Waals surface area contributed by atoms with Gasteiger partial charge in [-0.3, -0.25) is 4.79 Å². The molecule has 0 saturated heterocycles. The van der Waals surface area contributed by atoms with Crippen molar-refractivity contribution in [2.75, 3.05) is 23.7 Å². The van der Waals surface area contributed by atoms with Gasteiger partial charge in [-0.2, -0.15) is 5.10 Å². The van der Waals surface area contributed by atoms with Crippen LogP contribution in [-0.2, 0) is 10.2 Å². The van der Waals surface area contributed by atoms with E-state index < -0.39 is 11.8 Å². The molecule has 2 aromatic carbocycles. The summed E-state index contributed by atoms with van der Waals surface area (Å²) in [4.78, 5) is 26.8. The Bertz CT molecular complexity index is 1150. The lowest BCUT2D eigenvalue weighted by Gasteiger charge is -2.21. The molecule has 174 valence electrons. The SMILES string of the molecule is CCN(CC(=O)Nc1cc(C(C)(C)C)nn1-c1cccc(C)c1)C(=O)Nc1cccc(F)c1. The van der Waals surface area contributed by atoms with E-state index in [1.807, 2.05) is 37.3 Å². The maximum absolute atomic E-state index is 13.4. The van der Waals surface area contributed by atoms with E-state index in [0.717, 1.165) is 16.9 Å². The molecular weight excluding hydrogens is 421 g/mol. The van der Waals surface area contributed by atoms with E-state index in [-0.39, 0.29) is 17.9 Å². The topological polar surface area (TPSA) is 79.3 Å². The Kier molecular flexibility index (Phi) is 7.16. The van der Waals surface area contributed by atoms with Crippen LogP contribution in [-0.4, -0.2) is 39.7 Å². The summed E-state index contributed by atoms with van der Waals surface area (Å²) in [5.41, 5.74) is 2.84. The van der Waals surface area contributed by atoms with Gasteiger partial charge in [0.25, 0.3) is 0 Å². The number of carbonyl (C=O) groups is 2. The first kappa shape index (κ1) is 24.0. The minimum absolute atomic E-state index is 0.165. The average Bonchev–Trinajstić information content (AvgIpc) is 3.16. The van der Waals surface area contributed by atoms with E-state index in [1.54, 1.807) is 17.7 Å². The molecule has 0 aliphatic carbocycles. The number of hydrogen-bond donors (Lipinski definition) is 2. The van der Waals surface area contributed by atoms with Gasteiger partial charge in [-0.05, 0) is 49.7 Å². The Labute approximate surface area is 193 Å². The molecule has 3 amide bonds. The highest BCUT2D eigenvalue weighted by Crippen LogP contribution is 2.26. The van der Waals surface area contributed by atoms with Crippen LogP contribution in [0.3, 0.4) is 0 Å². The second-order valence-corrected chi connectivity index (χ2v) is 8.92. The Hall–Kier alpha value is -3.68. The zero-order valence-electron chi connectivity index (χ0n) is 19.6. The highest BCUT2D eigenvalue weighted by molar-refractivity contribution is 5.96. The fourth-order valence-corrected chi connectivity index (χ4v) is 3.24. The van der Waals surface area contributed by atoms with Gasteiger partial charge in [0, 0.05) is 23.7 Å². The standard InChI is InChI=1S/C25H30FN5O2/c1-6-30(24(33)27-19-11-8-10-18(26)14-19)16-23(32)28-22-15-21(25(3,4)5)29-31(22)20-12-7-9-17(2)13-20/h7-15H,6,16H2,1-5H3,(H,27,33)(H,28,32). The van der Waals surface area contributed by atoms with Crippen molar-refractivity contribution in [2.24, 2.45) is 0 Å². The van der Waals surface area contributed by atoms with Crippen molar-refractivity contribution in [1.82, 2.24) is 14.7 Å². The summed E-state index contributed by atoms with van der Waals surface area (Å²) >= 11 is 0. The lowest BCUT2D eigenvalue weighted by molar-refractivity contribution is -0.116. The summed E-state index contributed by atoms with van der Waals surface area (Å²) < 4.78 is 15.1. The molecule has 0 bridgehead atoms. The summed E-state index contributed by atoms with van der Waals surface area (Å²) in [6.45, 7) is 10.1. The molecule has 0 fully saturated rings. The molecule has 0 aliphatic rings.